The van der Waals surface area contributed by atoms with Crippen LogP contribution in [0.5, 0.6) is 17.2 Å². The quantitative estimate of drug-likeness (QED) is 0.784. The van der Waals surface area contributed by atoms with Gasteiger partial charge in [0.2, 0.25) is 0 Å². The molecule has 0 aliphatic heterocycles. The lowest BCUT2D eigenvalue weighted by Gasteiger charge is -2.14. The van der Waals surface area contributed by atoms with Crippen molar-refractivity contribution in [2.75, 3.05) is 21.3 Å². The van der Waals surface area contributed by atoms with Gasteiger partial charge in [-0.3, -0.25) is 4.79 Å². The highest BCUT2D eigenvalue weighted by Crippen LogP contribution is 2.33. The molecule has 0 aliphatic carbocycles. The van der Waals surface area contributed by atoms with E-state index in [-0.39, 0.29) is 6.54 Å². The Morgan fingerprint density at radius 3 is 2.17 bits per heavy atom. The Kier molecular flexibility index (Phi) is 4.81. The number of hydrogen-bond donors (Lipinski definition) is 1. The van der Waals surface area contributed by atoms with Crippen molar-refractivity contribution in [3.05, 3.63) is 17.7 Å². The second-order valence-electron chi connectivity index (χ2n) is 3.30. The van der Waals surface area contributed by atoms with Crippen molar-refractivity contribution in [2.24, 2.45) is 0 Å². The van der Waals surface area contributed by atoms with Crippen LogP contribution in [0.15, 0.2) is 12.1 Å². The molecule has 0 heterocycles. The monoisotopic (exact) mass is 250 g/mol. The predicted octanol–water partition coefficient (Wildman–Crippen LogP) is 0.852. The lowest BCUT2D eigenvalue weighted by atomic mass is 10.1. The summed E-state index contributed by atoms with van der Waals surface area (Å²) in [6, 6.07) is 4.83. The minimum absolute atomic E-state index is 0.142. The van der Waals surface area contributed by atoms with Crippen molar-refractivity contribution in [1.82, 2.24) is 5.32 Å². The van der Waals surface area contributed by atoms with E-state index < -0.39 is 5.91 Å². The van der Waals surface area contributed by atoms with Gasteiger partial charge in [0.05, 0.1) is 33.4 Å². The standard InChI is InChI=1S/C12H14N2O4/c1-16-8-4-10(17-2)9(11(5-8)18-3)7-14-12(15)6-13/h4-5H,7H2,1-3H3,(H,14,15). The van der Waals surface area contributed by atoms with Gasteiger partial charge in [-0.1, -0.05) is 0 Å². The van der Waals surface area contributed by atoms with Crippen molar-refractivity contribution in [3.8, 4) is 23.3 Å². The van der Waals surface area contributed by atoms with Gasteiger partial charge in [-0.25, -0.2) is 0 Å². The summed E-state index contributed by atoms with van der Waals surface area (Å²) < 4.78 is 15.5. The third-order valence-electron chi connectivity index (χ3n) is 2.34. The Balaban J connectivity index is 3.07. The van der Waals surface area contributed by atoms with Crippen LogP contribution in [0.1, 0.15) is 5.56 Å². The Morgan fingerprint density at radius 1 is 1.22 bits per heavy atom. The Bertz CT molecular complexity index is 454. The molecular weight excluding hydrogens is 236 g/mol. The van der Waals surface area contributed by atoms with Gasteiger partial charge in [0.15, 0.2) is 6.07 Å². The van der Waals surface area contributed by atoms with Crippen LogP contribution in [0.25, 0.3) is 0 Å². The molecule has 6 nitrogen and oxygen atoms in total. The smallest absolute Gasteiger partial charge is 0.322 e. The first kappa shape index (κ1) is 13.6. The van der Waals surface area contributed by atoms with E-state index in [1.54, 1.807) is 12.1 Å². The molecule has 1 amide bonds. The van der Waals surface area contributed by atoms with Crippen LogP contribution in [0.3, 0.4) is 0 Å². The van der Waals surface area contributed by atoms with Gasteiger partial charge in [-0.2, -0.15) is 5.26 Å². The third-order valence-corrected chi connectivity index (χ3v) is 2.34. The minimum atomic E-state index is -0.713. The first-order chi connectivity index (χ1) is 8.65. The highest BCUT2D eigenvalue weighted by Gasteiger charge is 2.13. The van der Waals surface area contributed by atoms with E-state index in [2.05, 4.69) is 5.32 Å². The molecule has 0 bridgehead atoms. The number of nitrogens with one attached hydrogen (secondary N) is 1. The maximum atomic E-state index is 10.9. The van der Waals surface area contributed by atoms with Crippen LogP contribution in [-0.2, 0) is 11.3 Å². The molecule has 0 aromatic heterocycles. The molecule has 0 atom stereocenters. The molecule has 0 aliphatic rings. The van der Waals surface area contributed by atoms with Gasteiger partial charge in [0.1, 0.15) is 17.2 Å². The van der Waals surface area contributed by atoms with Crippen molar-refractivity contribution in [3.63, 3.8) is 0 Å². The van der Waals surface area contributed by atoms with E-state index in [4.69, 9.17) is 19.5 Å². The zero-order valence-corrected chi connectivity index (χ0v) is 10.4. The summed E-state index contributed by atoms with van der Waals surface area (Å²) in [5.74, 6) is 0.905. The highest BCUT2D eigenvalue weighted by molar-refractivity contribution is 5.91. The maximum absolute atomic E-state index is 10.9. The number of carbonyl (C=O) groups is 1. The Hall–Kier alpha value is -2.42. The first-order valence-corrected chi connectivity index (χ1v) is 5.13. The molecule has 1 rings (SSSR count). The number of ether oxygens (including phenoxy) is 3. The van der Waals surface area contributed by atoms with Crippen LogP contribution in [-0.4, -0.2) is 27.2 Å². The summed E-state index contributed by atoms with van der Waals surface area (Å²) in [5.41, 5.74) is 0.643. The molecule has 6 heteroatoms. The summed E-state index contributed by atoms with van der Waals surface area (Å²) in [4.78, 5) is 10.9. The number of rotatable bonds is 5. The highest BCUT2D eigenvalue weighted by atomic mass is 16.5. The van der Waals surface area contributed by atoms with Gasteiger partial charge >= 0.3 is 5.91 Å². The van der Waals surface area contributed by atoms with E-state index in [0.717, 1.165) is 0 Å². The summed E-state index contributed by atoms with van der Waals surface area (Å²) in [6.45, 7) is 0.142. The molecule has 0 saturated carbocycles. The molecular formula is C12H14N2O4. The van der Waals surface area contributed by atoms with Crippen molar-refractivity contribution in [1.29, 1.82) is 5.26 Å². The average Bonchev–Trinajstić information content (AvgIpc) is 2.43. The Morgan fingerprint density at radius 2 is 1.78 bits per heavy atom. The molecule has 18 heavy (non-hydrogen) atoms. The largest absolute Gasteiger partial charge is 0.496 e. The lowest BCUT2D eigenvalue weighted by Crippen LogP contribution is -2.21. The molecule has 1 N–H and O–H groups in total. The van der Waals surface area contributed by atoms with Gasteiger partial charge in [-0.15, -0.1) is 0 Å². The van der Waals surface area contributed by atoms with E-state index >= 15 is 0 Å². The molecule has 0 spiro atoms. The van der Waals surface area contributed by atoms with Crippen LogP contribution in [0, 0.1) is 11.3 Å². The first-order valence-electron chi connectivity index (χ1n) is 5.13. The zero-order chi connectivity index (χ0) is 13.5. The summed E-state index contributed by atoms with van der Waals surface area (Å²) in [5, 5.41) is 10.8. The van der Waals surface area contributed by atoms with Gasteiger partial charge < -0.3 is 19.5 Å². The van der Waals surface area contributed by atoms with Crippen LogP contribution < -0.4 is 19.5 Å². The second kappa shape index (κ2) is 6.35. The molecule has 1 aromatic carbocycles. The third kappa shape index (κ3) is 3.04. The number of nitrogens with zero attached hydrogens (tertiary/aromatic N) is 1. The second-order valence-corrected chi connectivity index (χ2v) is 3.30. The zero-order valence-electron chi connectivity index (χ0n) is 10.4. The molecule has 1 aromatic rings. The minimum Gasteiger partial charge on any atom is -0.496 e. The summed E-state index contributed by atoms with van der Waals surface area (Å²) >= 11 is 0. The summed E-state index contributed by atoms with van der Waals surface area (Å²) in [6.07, 6.45) is 0. The van der Waals surface area contributed by atoms with Gasteiger partial charge in [0.25, 0.3) is 0 Å². The maximum Gasteiger partial charge on any atom is 0.322 e. The molecule has 0 radical (unpaired) electrons. The predicted molar refractivity (Wildman–Crippen MR) is 63.6 cm³/mol. The van der Waals surface area contributed by atoms with Crippen LogP contribution in [0.2, 0.25) is 0 Å². The van der Waals surface area contributed by atoms with Crippen LogP contribution >= 0.6 is 0 Å². The molecule has 0 fully saturated rings. The fourth-order valence-electron chi connectivity index (χ4n) is 1.46. The van der Waals surface area contributed by atoms with Gasteiger partial charge in [-0.05, 0) is 0 Å². The van der Waals surface area contributed by atoms with Crippen molar-refractivity contribution < 1.29 is 19.0 Å². The average molecular weight is 250 g/mol. The summed E-state index contributed by atoms with van der Waals surface area (Å²) in [7, 11) is 4.54. The number of hydrogen-bond acceptors (Lipinski definition) is 5. The van der Waals surface area contributed by atoms with E-state index in [9.17, 15) is 4.79 Å². The molecule has 0 saturated heterocycles. The number of benzene rings is 1. The van der Waals surface area contributed by atoms with Crippen LogP contribution in [0.4, 0.5) is 0 Å². The molecule has 0 unspecified atom stereocenters. The fourth-order valence-corrected chi connectivity index (χ4v) is 1.46. The number of nitriles is 1. The Labute approximate surface area is 105 Å². The normalized spacial score (nSPS) is 9.22. The van der Waals surface area contributed by atoms with Gasteiger partial charge in [0, 0.05) is 12.1 Å². The van der Waals surface area contributed by atoms with E-state index in [1.807, 2.05) is 0 Å². The van der Waals surface area contributed by atoms with Crippen molar-refractivity contribution >= 4 is 5.91 Å². The van der Waals surface area contributed by atoms with E-state index in [1.165, 1.54) is 27.4 Å². The molecule has 96 valence electrons. The topological polar surface area (TPSA) is 80.6 Å². The fraction of sp³-hybridized carbons (Fsp3) is 0.333. The van der Waals surface area contributed by atoms with E-state index in [0.29, 0.717) is 22.8 Å². The number of carbonyl (C=O) groups excluding carboxylic acids is 1. The SMILES string of the molecule is COc1cc(OC)c(CNC(=O)C#N)c(OC)c1. The van der Waals surface area contributed by atoms with Crippen molar-refractivity contribution in [2.45, 2.75) is 6.54 Å². The number of amides is 1. The number of methoxy groups -OCH3 is 3. The lowest BCUT2D eigenvalue weighted by molar-refractivity contribution is -0.116.